The van der Waals surface area contributed by atoms with E-state index in [1.165, 1.54) is 0 Å². The fraction of sp³-hybridized carbons (Fsp3) is 0.800. The first-order chi connectivity index (χ1) is 4.98. The molecule has 66 valence electrons. The van der Waals surface area contributed by atoms with Crippen molar-refractivity contribution in [2.24, 2.45) is 0 Å². The lowest BCUT2D eigenvalue weighted by Crippen LogP contribution is -2.30. The van der Waals surface area contributed by atoms with Crippen molar-refractivity contribution in [1.29, 1.82) is 0 Å². The number of carbonyl (C=O) groups is 1. The summed E-state index contributed by atoms with van der Waals surface area (Å²) in [6, 6.07) is 0. The van der Waals surface area contributed by atoms with Crippen molar-refractivity contribution in [3.05, 3.63) is 0 Å². The zero-order chi connectivity index (χ0) is 8.91. The topological polar surface area (TPSA) is 63.2 Å². The van der Waals surface area contributed by atoms with Crippen LogP contribution < -0.4 is 4.72 Å². The molecule has 0 saturated carbocycles. The second-order valence-corrected chi connectivity index (χ2v) is 4.24. The van der Waals surface area contributed by atoms with Crippen molar-refractivity contribution in [2.45, 2.75) is 13.3 Å². The van der Waals surface area contributed by atoms with Gasteiger partial charge in [0.05, 0.1) is 5.75 Å². The van der Waals surface area contributed by atoms with Crippen LogP contribution in [0.4, 0.5) is 0 Å². The van der Waals surface area contributed by atoms with Crippen molar-refractivity contribution in [3.8, 4) is 0 Å². The molecule has 0 aliphatic rings. The van der Waals surface area contributed by atoms with E-state index in [9.17, 15) is 13.2 Å². The minimum absolute atomic E-state index is 0.101. The molecule has 0 fully saturated rings. The van der Waals surface area contributed by atoms with E-state index in [-0.39, 0.29) is 11.6 Å². The number of alkyl halides is 1. The van der Waals surface area contributed by atoms with Crippen LogP contribution in [-0.2, 0) is 14.8 Å². The Bertz CT molecular complexity index is 224. The van der Waals surface area contributed by atoms with Crippen LogP contribution in [0.3, 0.4) is 0 Å². The van der Waals surface area contributed by atoms with Gasteiger partial charge in [-0.05, 0) is 6.42 Å². The van der Waals surface area contributed by atoms with E-state index in [1.54, 1.807) is 0 Å². The van der Waals surface area contributed by atoms with Gasteiger partial charge < -0.3 is 0 Å². The molecule has 0 aliphatic heterocycles. The number of hydrogen-bond acceptors (Lipinski definition) is 3. The maximum absolute atomic E-state index is 10.8. The SMILES string of the molecule is CC(=O)NS(=O)(=O)CCCCl. The van der Waals surface area contributed by atoms with Crippen LogP contribution in [0.15, 0.2) is 0 Å². The summed E-state index contributed by atoms with van der Waals surface area (Å²) in [5, 5.41) is 0. The molecule has 0 bridgehead atoms. The van der Waals surface area contributed by atoms with Gasteiger partial charge in [0.25, 0.3) is 0 Å². The van der Waals surface area contributed by atoms with E-state index in [1.807, 2.05) is 4.72 Å². The number of carbonyl (C=O) groups excluding carboxylic acids is 1. The Morgan fingerprint density at radius 2 is 2.09 bits per heavy atom. The lowest BCUT2D eigenvalue weighted by atomic mass is 10.6. The average Bonchev–Trinajstić information content (AvgIpc) is 1.81. The standard InChI is InChI=1S/C5H10ClNO3S/c1-5(8)7-11(9,10)4-2-3-6/h2-4H2,1H3,(H,7,8). The van der Waals surface area contributed by atoms with E-state index < -0.39 is 15.9 Å². The molecule has 0 aromatic carbocycles. The predicted molar refractivity (Wildman–Crippen MR) is 42.9 cm³/mol. The maximum Gasteiger partial charge on any atom is 0.234 e. The Hall–Kier alpha value is -0.290. The van der Waals surface area contributed by atoms with Crippen LogP contribution in [0.5, 0.6) is 0 Å². The van der Waals surface area contributed by atoms with Gasteiger partial charge in [0, 0.05) is 12.8 Å². The third-order valence-electron chi connectivity index (χ3n) is 0.846. The van der Waals surface area contributed by atoms with Crippen molar-refractivity contribution in [2.75, 3.05) is 11.6 Å². The average molecular weight is 200 g/mol. The van der Waals surface area contributed by atoms with E-state index in [0.29, 0.717) is 6.42 Å². The third kappa shape index (κ3) is 6.12. The van der Waals surface area contributed by atoms with Gasteiger partial charge in [-0.15, -0.1) is 11.6 Å². The molecule has 0 saturated heterocycles. The largest absolute Gasteiger partial charge is 0.274 e. The quantitative estimate of drug-likeness (QED) is 0.653. The van der Waals surface area contributed by atoms with Gasteiger partial charge in [-0.2, -0.15) is 0 Å². The summed E-state index contributed by atoms with van der Waals surface area (Å²) in [7, 11) is -3.43. The fourth-order valence-corrected chi connectivity index (χ4v) is 1.87. The van der Waals surface area contributed by atoms with Crippen LogP contribution in [-0.4, -0.2) is 26.0 Å². The highest BCUT2D eigenvalue weighted by Crippen LogP contribution is 1.91. The van der Waals surface area contributed by atoms with E-state index in [2.05, 4.69) is 0 Å². The third-order valence-corrected chi connectivity index (χ3v) is 2.54. The number of halogens is 1. The summed E-state index contributed by atoms with van der Waals surface area (Å²) in [5.41, 5.74) is 0. The smallest absolute Gasteiger partial charge is 0.234 e. The van der Waals surface area contributed by atoms with Gasteiger partial charge in [0.1, 0.15) is 0 Å². The first-order valence-electron chi connectivity index (χ1n) is 3.05. The zero-order valence-corrected chi connectivity index (χ0v) is 7.70. The molecular weight excluding hydrogens is 190 g/mol. The number of nitrogens with one attached hydrogen (secondary N) is 1. The monoisotopic (exact) mass is 199 g/mol. The normalized spacial score (nSPS) is 11.1. The number of hydrogen-bond donors (Lipinski definition) is 1. The number of amides is 1. The van der Waals surface area contributed by atoms with Gasteiger partial charge in [0.15, 0.2) is 0 Å². The molecule has 11 heavy (non-hydrogen) atoms. The molecule has 1 N–H and O–H groups in total. The first-order valence-corrected chi connectivity index (χ1v) is 5.23. The Morgan fingerprint density at radius 1 is 1.55 bits per heavy atom. The maximum atomic E-state index is 10.8. The molecule has 1 amide bonds. The summed E-state index contributed by atoms with van der Waals surface area (Å²) in [4.78, 5) is 10.3. The van der Waals surface area contributed by atoms with Gasteiger partial charge in [-0.3, -0.25) is 9.52 Å². The first kappa shape index (κ1) is 10.7. The van der Waals surface area contributed by atoms with Crippen molar-refractivity contribution < 1.29 is 13.2 Å². The number of rotatable bonds is 4. The highest BCUT2D eigenvalue weighted by molar-refractivity contribution is 7.90. The molecule has 0 unspecified atom stereocenters. The lowest BCUT2D eigenvalue weighted by Gasteiger charge is -2.01. The molecule has 0 spiro atoms. The Kier molecular flexibility index (Phi) is 4.44. The van der Waals surface area contributed by atoms with Crippen LogP contribution in [0.1, 0.15) is 13.3 Å². The Morgan fingerprint density at radius 3 is 2.45 bits per heavy atom. The second kappa shape index (κ2) is 4.56. The predicted octanol–water partition coefficient (Wildman–Crippen LogP) is 0.0812. The molecule has 0 rings (SSSR count). The molecular formula is C5H10ClNO3S. The molecule has 0 heterocycles. The van der Waals surface area contributed by atoms with Crippen molar-refractivity contribution >= 4 is 27.5 Å². The molecule has 6 heteroatoms. The van der Waals surface area contributed by atoms with Crippen LogP contribution in [0.25, 0.3) is 0 Å². The Balaban J connectivity index is 3.92. The summed E-state index contributed by atoms with van der Waals surface area (Å²) in [5.74, 6) is -0.394. The van der Waals surface area contributed by atoms with Crippen LogP contribution in [0.2, 0.25) is 0 Å². The van der Waals surface area contributed by atoms with Gasteiger partial charge in [-0.25, -0.2) is 8.42 Å². The van der Waals surface area contributed by atoms with Crippen molar-refractivity contribution in [3.63, 3.8) is 0 Å². The van der Waals surface area contributed by atoms with Crippen molar-refractivity contribution in [1.82, 2.24) is 4.72 Å². The molecule has 0 radical (unpaired) electrons. The van der Waals surface area contributed by atoms with Crippen LogP contribution >= 0.6 is 11.6 Å². The number of sulfonamides is 1. The zero-order valence-electron chi connectivity index (χ0n) is 6.13. The summed E-state index contributed by atoms with van der Waals surface area (Å²) in [6.45, 7) is 1.15. The molecule has 0 aliphatic carbocycles. The highest BCUT2D eigenvalue weighted by atomic mass is 35.5. The summed E-state index contributed by atoms with van der Waals surface area (Å²) in [6.07, 6.45) is 0.351. The minimum atomic E-state index is -3.43. The molecule has 0 aromatic heterocycles. The highest BCUT2D eigenvalue weighted by Gasteiger charge is 2.09. The minimum Gasteiger partial charge on any atom is -0.274 e. The second-order valence-electron chi connectivity index (χ2n) is 2.02. The van der Waals surface area contributed by atoms with Gasteiger partial charge >= 0.3 is 0 Å². The molecule has 4 nitrogen and oxygen atoms in total. The van der Waals surface area contributed by atoms with Gasteiger partial charge in [0.2, 0.25) is 15.9 Å². The summed E-state index contributed by atoms with van der Waals surface area (Å²) < 4.78 is 23.4. The van der Waals surface area contributed by atoms with E-state index in [0.717, 1.165) is 6.92 Å². The summed E-state index contributed by atoms with van der Waals surface area (Å²) >= 11 is 5.27. The Labute approximate surface area is 71.0 Å². The van der Waals surface area contributed by atoms with Crippen LogP contribution in [0, 0.1) is 0 Å². The molecule has 0 aromatic rings. The van der Waals surface area contributed by atoms with E-state index in [4.69, 9.17) is 11.6 Å². The van der Waals surface area contributed by atoms with Gasteiger partial charge in [-0.1, -0.05) is 0 Å². The van der Waals surface area contributed by atoms with E-state index >= 15 is 0 Å². The molecule has 0 atom stereocenters. The lowest BCUT2D eigenvalue weighted by molar-refractivity contribution is -0.117. The fourth-order valence-electron chi connectivity index (χ4n) is 0.515.